The van der Waals surface area contributed by atoms with Gasteiger partial charge in [0.15, 0.2) is 4.67 Å². The van der Waals surface area contributed by atoms with E-state index >= 15 is 0 Å². The summed E-state index contributed by atoms with van der Waals surface area (Å²) in [7, 11) is 0. The molecule has 1 N–H and O–H groups in total. The lowest BCUT2D eigenvalue weighted by molar-refractivity contribution is 0.0928. The molecule has 4 nitrogen and oxygen atoms in total. The van der Waals surface area contributed by atoms with Gasteiger partial charge in [-0.1, -0.05) is 18.2 Å². The summed E-state index contributed by atoms with van der Waals surface area (Å²) in [5.41, 5.74) is 1.49. The van der Waals surface area contributed by atoms with Crippen LogP contribution in [-0.4, -0.2) is 12.5 Å². The predicted molar refractivity (Wildman–Crippen MR) is 68.6 cm³/mol. The number of fused-ring (bicyclic) bond motifs is 1. The summed E-state index contributed by atoms with van der Waals surface area (Å²) in [6.45, 7) is 0.459. The highest BCUT2D eigenvalue weighted by Gasteiger charge is 2.26. The van der Waals surface area contributed by atoms with Crippen LogP contribution in [-0.2, 0) is 0 Å². The molecule has 2 aromatic rings. The van der Waals surface area contributed by atoms with Gasteiger partial charge in [-0.05, 0) is 28.1 Å². The van der Waals surface area contributed by atoms with Gasteiger partial charge in [0.05, 0.1) is 17.9 Å². The summed E-state index contributed by atoms with van der Waals surface area (Å²) in [5, 5.41) is 2.92. The van der Waals surface area contributed by atoms with Crippen LogP contribution in [0.25, 0.3) is 0 Å². The first-order valence-electron chi connectivity index (χ1n) is 5.51. The number of ether oxygens (including phenoxy) is 1. The summed E-state index contributed by atoms with van der Waals surface area (Å²) in [5.74, 6) is 0.648. The molecule has 0 saturated carbocycles. The van der Waals surface area contributed by atoms with Crippen molar-refractivity contribution in [1.29, 1.82) is 0 Å². The fourth-order valence-corrected chi connectivity index (χ4v) is 2.39. The molecule has 1 atom stereocenters. The topological polar surface area (TPSA) is 51.5 Å². The largest absolute Gasteiger partial charge is 0.491 e. The number of hydrogen-bond acceptors (Lipinski definition) is 3. The van der Waals surface area contributed by atoms with Gasteiger partial charge in [-0.25, -0.2) is 0 Å². The van der Waals surface area contributed by atoms with E-state index in [4.69, 9.17) is 9.15 Å². The Morgan fingerprint density at radius 2 is 2.17 bits per heavy atom. The van der Waals surface area contributed by atoms with E-state index in [2.05, 4.69) is 21.2 Å². The number of carbonyl (C=O) groups is 1. The van der Waals surface area contributed by atoms with E-state index in [0.29, 0.717) is 16.8 Å². The van der Waals surface area contributed by atoms with E-state index in [9.17, 15) is 4.79 Å². The number of furan rings is 1. The molecule has 0 spiro atoms. The molecule has 1 aliphatic heterocycles. The van der Waals surface area contributed by atoms with Crippen molar-refractivity contribution in [2.75, 3.05) is 6.61 Å². The molecule has 0 saturated heterocycles. The highest BCUT2D eigenvalue weighted by atomic mass is 79.9. The van der Waals surface area contributed by atoms with Crippen molar-refractivity contribution in [1.82, 2.24) is 5.32 Å². The standard InChI is InChI=1S/C13H10BrNO3/c14-12-9(5-6-17-12)13(16)15-10-7-18-11-4-2-1-3-8(10)11/h1-6,10H,7H2,(H,15,16). The van der Waals surface area contributed by atoms with Crippen molar-refractivity contribution in [3.05, 3.63) is 52.4 Å². The van der Waals surface area contributed by atoms with Gasteiger partial charge in [0, 0.05) is 5.56 Å². The van der Waals surface area contributed by atoms with E-state index in [1.54, 1.807) is 6.07 Å². The lowest BCUT2D eigenvalue weighted by Crippen LogP contribution is -2.29. The third-order valence-corrected chi connectivity index (χ3v) is 3.48. The molecule has 2 heterocycles. The van der Waals surface area contributed by atoms with Gasteiger partial charge in [0.1, 0.15) is 12.4 Å². The van der Waals surface area contributed by atoms with Crippen LogP contribution in [0.2, 0.25) is 0 Å². The van der Waals surface area contributed by atoms with Gasteiger partial charge in [0.2, 0.25) is 0 Å². The Labute approximate surface area is 112 Å². The Kier molecular flexibility index (Phi) is 2.83. The molecule has 1 unspecified atom stereocenters. The Morgan fingerprint density at radius 3 is 2.94 bits per heavy atom. The second kappa shape index (κ2) is 4.49. The van der Waals surface area contributed by atoms with E-state index in [-0.39, 0.29) is 11.9 Å². The van der Waals surface area contributed by atoms with Crippen LogP contribution in [0.3, 0.4) is 0 Å². The first-order valence-corrected chi connectivity index (χ1v) is 6.30. The van der Waals surface area contributed by atoms with Gasteiger partial charge >= 0.3 is 0 Å². The lowest BCUT2D eigenvalue weighted by atomic mass is 10.1. The molecule has 1 aromatic heterocycles. The van der Waals surface area contributed by atoms with Gasteiger partial charge in [0.25, 0.3) is 5.91 Å². The van der Waals surface area contributed by atoms with Crippen molar-refractivity contribution in [2.24, 2.45) is 0 Å². The Hall–Kier alpha value is -1.75. The van der Waals surface area contributed by atoms with Crippen molar-refractivity contribution in [3.8, 4) is 5.75 Å². The third kappa shape index (κ3) is 1.90. The molecule has 1 aromatic carbocycles. The van der Waals surface area contributed by atoms with Crippen LogP contribution in [0, 0.1) is 0 Å². The Balaban J connectivity index is 1.79. The average Bonchev–Trinajstić information content (AvgIpc) is 2.97. The zero-order chi connectivity index (χ0) is 12.5. The third-order valence-electron chi connectivity index (χ3n) is 2.87. The molecule has 1 aliphatic rings. The zero-order valence-corrected chi connectivity index (χ0v) is 10.9. The lowest BCUT2D eigenvalue weighted by Gasteiger charge is -2.10. The van der Waals surface area contributed by atoms with Gasteiger partial charge < -0.3 is 14.5 Å². The maximum absolute atomic E-state index is 12.0. The average molecular weight is 308 g/mol. The van der Waals surface area contributed by atoms with E-state index < -0.39 is 0 Å². The first-order chi connectivity index (χ1) is 8.75. The zero-order valence-electron chi connectivity index (χ0n) is 9.35. The number of amides is 1. The molecule has 92 valence electrons. The van der Waals surface area contributed by atoms with Gasteiger partial charge in [-0.2, -0.15) is 0 Å². The molecule has 18 heavy (non-hydrogen) atoms. The monoisotopic (exact) mass is 307 g/mol. The second-order valence-corrected chi connectivity index (χ2v) is 4.70. The van der Waals surface area contributed by atoms with Crippen LogP contribution in [0.5, 0.6) is 5.75 Å². The minimum absolute atomic E-state index is 0.115. The van der Waals surface area contributed by atoms with Crippen molar-refractivity contribution < 1.29 is 13.9 Å². The summed E-state index contributed by atoms with van der Waals surface area (Å²) in [6, 6.07) is 9.21. The number of benzene rings is 1. The predicted octanol–water partition coefficient (Wildman–Crippen LogP) is 2.91. The molecular formula is C13H10BrNO3. The molecule has 0 fully saturated rings. The number of halogens is 1. The normalized spacial score (nSPS) is 17.1. The van der Waals surface area contributed by atoms with Gasteiger partial charge in [-0.3, -0.25) is 4.79 Å². The van der Waals surface area contributed by atoms with E-state index in [1.165, 1.54) is 6.26 Å². The van der Waals surface area contributed by atoms with Crippen LogP contribution in [0.1, 0.15) is 22.0 Å². The Bertz CT molecular complexity index is 593. The van der Waals surface area contributed by atoms with Crippen molar-refractivity contribution in [2.45, 2.75) is 6.04 Å². The van der Waals surface area contributed by atoms with Gasteiger partial charge in [-0.15, -0.1) is 0 Å². The molecule has 0 bridgehead atoms. The number of para-hydroxylation sites is 1. The summed E-state index contributed by atoms with van der Waals surface area (Å²) in [6.07, 6.45) is 1.47. The van der Waals surface area contributed by atoms with E-state index in [1.807, 2.05) is 24.3 Å². The molecular weight excluding hydrogens is 298 g/mol. The van der Waals surface area contributed by atoms with Crippen molar-refractivity contribution in [3.63, 3.8) is 0 Å². The maximum Gasteiger partial charge on any atom is 0.256 e. The maximum atomic E-state index is 12.0. The summed E-state index contributed by atoms with van der Waals surface area (Å²) >= 11 is 3.19. The van der Waals surface area contributed by atoms with Crippen LogP contribution >= 0.6 is 15.9 Å². The minimum Gasteiger partial charge on any atom is -0.491 e. The number of hydrogen-bond donors (Lipinski definition) is 1. The summed E-state index contributed by atoms with van der Waals surface area (Å²) in [4.78, 5) is 12.0. The molecule has 0 radical (unpaired) electrons. The van der Waals surface area contributed by atoms with Crippen LogP contribution in [0.15, 0.2) is 45.7 Å². The van der Waals surface area contributed by atoms with Crippen LogP contribution < -0.4 is 10.1 Å². The first kappa shape index (κ1) is 11.3. The highest BCUT2D eigenvalue weighted by molar-refractivity contribution is 9.10. The number of nitrogens with one attached hydrogen (secondary N) is 1. The minimum atomic E-state index is -0.180. The smallest absolute Gasteiger partial charge is 0.256 e. The molecule has 0 aliphatic carbocycles. The van der Waals surface area contributed by atoms with Crippen LogP contribution in [0.4, 0.5) is 0 Å². The number of rotatable bonds is 2. The SMILES string of the molecule is O=C(NC1COc2ccccc21)c1ccoc1Br. The molecule has 3 rings (SSSR count). The molecule has 5 heteroatoms. The number of carbonyl (C=O) groups excluding carboxylic acids is 1. The molecule has 1 amide bonds. The summed E-state index contributed by atoms with van der Waals surface area (Å²) < 4.78 is 11.0. The fraction of sp³-hybridized carbons (Fsp3) is 0.154. The Morgan fingerprint density at radius 1 is 1.33 bits per heavy atom. The second-order valence-electron chi connectivity index (χ2n) is 3.98. The fourth-order valence-electron chi connectivity index (χ4n) is 1.97. The highest BCUT2D eigenvalue weighted by Crippen LogP contribution is 2.32. The van der Waals surface area contributed by atoms with E-state index in [0.717, 1.165) is 11.3 Å². The quantitative estimate of drug-likeness (QED) is 0.928. The van der Waals surface area contributed by atoms with Crippen molar-refractivity contribution >= 4 is 21.8 Å².